The highest BCUT2D eigenvalue weighted by atomic mass is 32.2. The van der Waals surface area contributed by atoms with E-state index < -0.39 is 10.0 Å². The molecule has 1 aliphatic heterocycles. The van der Waals surface area contributed by atoms with Gasteiger partial charge in [0.25, 0.3) is 10.0 Å². The van der Waals surface area contributed by atoms with Gasteiger partial charge >= 0.3 is 5.69 Å². The largest absolute Gasteiger partial charge is 0.350 e. The van der Waals surface area contributed by atoms with Crippen LogP contribution in [0.2, 0.25) is 0 Å². The smallest absolute Gasteiger partial charge is 0.326 e. The third kappa shape index (κ3) is 4.41. The molecule has 0 aliphatic carbocycles. The Labute approximate surface area is 200 Å². The Balaban J connectivity index is 1.22. The normalized spacial score (nSPS) is 15.5. The van der Waals surface area contributed by atoms with Gasteiger partial charge in [-0.1, -0.05) is 24.3 Å². The number of carbonyl (C=O) groups excluding carboxylic acids is 1. The molecule has 1 aromatic carbocycles. The van der Waals surface area contributed by atoms with Crippen molar-refractivity contribution in [1.82, 2.24) is 18.5 Å². The number of hydrogen-bond donors (Lipinski definition) is 1. The molecule has 4 aromatic rings. The molecule has 3 aromatic heterocycles. The SMILES string of the molecule is O=C(Nc1cccc(Cn2nc3ccccn3c2=O)c1)C1CCN(S(=O)(=O)c2cccs2)CC1. The van der Waals surface area contributed by atoms with Crippen LogP contribution in [0.3, 0.4) is 0 Å². The molecule has 5 rings (SSSR count). The maximum absolute atomic E-state index is 12.8. The quantitative estimate of drug-likeness (QED) is 0.441. The van der Waals surface area contributed by atoms with Gasteiger partial charge in [-0.2, -0.15) is 4.31 Å². The van der Waals surface area contributed by atoms with E-state index in [0.29, 0.717) is 41.5 Å². The van der Waals surface area contributed by atoms with Crippen molar-refractivity contribution in [2.24, 2.45) is 5.92 Å². The molecule has 1 aliphatic rings. The van der Waals surface area contributed by atoms with E-state index in [2.05, 4.69) is 10.4 Å². The van der Waals surface area contributed by atoms with Crippen molar-refractivity contribution in [3.8, 4) is 0 Å². The van der Waals surface area contributed by atoms with E-state index >= 15 is 0 Å². The predicted molar refractivity (Wildman–Crippen MR) is 129 cm³/mol. The highest BCUT2D eigenvalue weighted by Crippen LogP contribution is 2.27. The Bertz CT molecular complexity index is 1480. The first-order chi connectivity index (χ1) is 16.4. The molecule has 176 valence electrons. The molecule has 0 spiro atoms. The molecular formula is C23H23N5O4S2. The summed E-state index contributed by atoms with van der Waals surface area (Å²) in [7, 11) is -3.49. The Morgan fingerprint density at radius 2 is 1.91 bits per heavy atom. The summed E-state index contributed by atoms with van der Waals surface area (Å²) in [4.78, 5) is 25.4. The van der Waals surface area contributed by atoms with Gasteiger partial charge in [0.15, 0.2) is 5.65 Å². The number of nitrogens with zero attached hydrogens (tertiary/aromatic N) is 4. The summed E-state index contributed by atoms with van der Waals surface area (Å²) < 4.78 is 30.0. The summed E-state index contributed by atoms with van der Waals surface area (Å²) in [5.41, 5.74) is 1.81. The van der Waals surface area contributed by atoms with Crippen molar-refractivity contribution in [2.45, 2.75) is 23.6 Å². The summed E-state index contributed by atoms with van der Waals surface area (Å²) in [6, 6.07) is 16.0. The number of fused-ring (bicyclic) bond motifs is 1. The van der Waals surface area contributed by atoms with Gasteiger partial charge in [-0.3, -0.25) is 9.20 Å². The number of pyridine rings is 1. The van der Waals surface area contributed by atoms with Crippen LogP contribution in [0.15, 0.2) is 75.2 Å². The number of sulfonamides is 1. The number of hydrogen-bond acceptors (Lipinski definition) is 6. The van der Waals surface area contributed by atoms with Gasteiger partial charge in [0.05, 0.1) is 6.54 Å². The molecule has 0 unspecified atom stereocenters. The lowest BCUT2D eigenvalue weighted by atomic mass is 9.97. The summed E-state index contributed by atoms with van der Waals surface area (Å²) in [5, 5.41) is 9.03. The molecule has 11 heteroatoms. The van der Waals surface area contributed by atoms with E-state index in [-0.39, 0.29) is 24.1 Å². The second-order valence-electron chi connectivity index (χ2n) is 8.17. The average Bonchev–Trinajstić information content (AvgIpc) is 3.49. The zero-order valence-corrected chi connectivity index (χ0v) is 19.8. The molecule has 1 N–H and O–H groups in total. The van der Waals surface area contributed by atoms with E-state index in [1.165, 1.54) is 24.7 Å². The first-order valence-corrected chi connectivity index (χ1v) is 13.2. The molecule has 4 heterocycles. The van der Waals surface area contributed by atoms with Crippen LogP contribution >= 0.6 is 11.3 Å². The second kappa shape index (κ2) is 9.16. The van der Waals surface area contributed by atoms with Crippen molar-refractivity contribution in [1.29, 1.82) is 0 Å². The molecule has 0 radical (unpaired) electrons. The first kappa shape index (κ1) is 22.5. The standard InChI is InChI=1S/C23H23N5O4S2/c29-22(18-9-12-26(13-10-18)34(31,32)21-8-4-14-33-21)24-19-6-3-5-17(15-19)16-28-23(30)27-11-2-1-7-20(27)25-28/h1-8,11,14-15,18H,9-10,12-13,16H2,(H,24,29). The van der Waals surface area contributed by atoms with Gasteiger partial charge in [-0.15, -0.1) is 16.4 Å². The molecule has 0 bridgehead atoms. The molecule has 1 amide bonds. The van der Waals surface area contributed by atoms with Crippen LogP contribution in [0.1, 0.15) is 18.4 Å². The third-order valence-electron chi connectivity index (χ3n) is 5.93. The average molecular weight is 498 g/mol. The fourth-order valence-corrected chi connectivity index (χ4v) is 6.75. The Kier molecular flexibility index (Phi) is 6.07. The number of nitrogens with one attached hydrogen (secondary N) is 1. The monoisotopic (exact) mass is 497 g/mol. The van der Waals surface area contributed by atoms with E-state index in [1.807, 2.05) is 24.3 Å². The van der Waals surface area contributed by atoms with Gasteiger partial charge in [0, 0.05) is 30.9 Å². The number of piperidine rings is 1. The van der Waals surface area contributed by atoms with Crippen LogP contribution in [0.5, 0.6) is 0 Å². The molecule has 1 fully saturated rings. The predicted octanol–water partition coefficient (Wildman–Crippen LogP) is 2.65. The Morgan fingerprint density at radius 1 is 1.09 bits per heavy atom. The molecule has 1 saturated heterocycles. The lowest BCUT2D eigenvalue weighted by Gasteiger charge is -2.30. The summed E-state index contributed by atoms with van der Waals surface area (Å²) in [6.07, 6.45) is 2.61. The summed E-state index contributed by atoms with van der Waals surface area (Å²) in [5.74, 6) is -0.394. The summed E-state index contributed by atoms with van der Waals surface area (Å²) in [6.45, 7) is 0.910. The van der Waals surface area contributed by atoms with Gasteiger partial charge < -0.3 is 5.32 Å². The van der Waals surface area contributed by atoms with E-state index in [0.717, 1.165) is 5.56 Å². The molecular weight excluding hydrogens is 474 g/mol. The van der Waals surface area contributed by atoms with Gasteiger partial charge in [-0.05, 0) is 54.1 Å². The van der Waals surface area contributed by atoms with Gasteiger partial charge in [0.2, 0.25) is 5.91 Å². The highest BCUT2D eigenvalue weighted by Gasteiger charge is 2.32. The maximum Gasteiger partial charge on any atom is 0.350 e. The van der Waals surface area contributed by atoms with E-state index in [1.54, 1.807) is 41.9 Å². The zero-order valence-electron chi connectivity index (χ0n) is 18.2. The van der Waals surface area contributed by atoms with Crippen LogP contribution in [-0.4, -0.2) is 45.9 Å². The number of amides is 1. The first-order valence-electron chi connectivity index (χ1n) is 10.9. The fraction of sp³-hybridized carbons (Fsp3) is 0.261. The minimum Gasteiger partial charge on any atom is -0.326 e. The van der Waals surface area contributed by atoms with Crippen LogP contribution in [0.25, 0.3) is 5.65 Å². The van der Waals surface area contributed by atoms with Crippen LogP contribution in [0.4, 0.5) is 5.69 Å². The van der Waals surface area contributed by atoms with Crippen molar-refractivity contribution in [3.63, 3.8) is 0 Å². The minimum absolute atomic E-state index is 0.129. The third-order valence-corrected chi connectivity index (χ3v) is 9.20. The number of rotatable bonds is 6. The molecule has 0 atom stereocenters. The highest BCUT2D eigenvalue weighted by molar-refractivity contribution is 7.91. The number of benzene rings is 1. The number of anilines is 1. The number of carbonyl (C=O) groups is 1. The van der Waals surface area contributed by atoms with Crippen molar-refractivity contribution in [3.05, 3.63) is 82.2 Å². The second-order valence-corrected chi connectivity index (χ2v) is 11.3. The Morgan fingerprint density at radius 3 is 2.65 bits per heavy atom. The maximum atomic E-state index is 12.8. The van der Waals surface area contributed by atoms with Crippen LogP contribution in [-0.2, 0) is 21.4 Å². The molecule has 0 saturated carbocycles. The topological polar surface area (TPSA) is 106 Å². The van der Waals surface area contributed by atoms with Gasteiger partial charge in [0.1, 0.15) is 4.21 Å². The minimum atomic E-state index is -3.49. The van der Waals surface area contributed by atoms with Crippen molar-refractivity contribution >= 4 is 38.6 Å². The molecule has 34 heavy (non-hydrogen) atoms. The lowest BCUT2D eigenvalue weighted by molar-refractivity contribution is -0.120. The Hall–Kier alpha value is -3.28. The van der Waals surface area contributed by atoms with Gasteiger partial charge in [-0.25, -0.2) is 17.9 Å². The zero-order chi connectivity index (χ0) is 23.7. The molecule has 9 nitrogen and oxygen atoms in total. The summed E-state index contributed by atoms with van der Waals surface area (Å²) >= 11 is 1.20. The van der Waals surface area contributed by atoms with Crippen molar-refractivity contribution in [2.75, 3.05) is 18.4 Å². The van der Waals surface area contributed by atoms with Crippen molar-refractivity contribution < 1.29 is 13.2 Å². The number of thiophene rings is 1. The number of aromatic nitrogens is 3. The van der Waals surface area contributed by atoms with Crippen LogP contribution in [0, 0.1) is 5.92 Å². The van der Waals surface area contributed by atoms with Crippen LogP contribution < -0.4 is 11.0 Å². The lowest BCUT2D eigenvalue weighted by Crippen LogP contribution is -2.41. The van der Waals surface area contributed by atoms with E-state index in [9.17, 15) is 18.0 Å². The fourth-order valence-electron chi connectivity index (χ4n) is 4.13. The van der Waals surface area contributed by atoms with E-state index in [4.69, 9.17) is 0 Å².